The van der Waals surface area contributed by atoms with Gasteiger partial charge in [-0.25, -0.2) is 4.98 Å². The molecule has 0 saturated carbocycles. The molecule has 0 unspecified atom stereocenters. The number of carbonyl (C=O) groups excluding carboxylic acids is 1. The molecule has 3 aromatic heterocycles. The van der Waals surface area contributed by atoms with E-state index in [2.05, 4.69) is 15.3 Å². The van der Waals surface area contributed by atoms with Gasteiger partial charge in [-0.2, -0.15) is 0 Å². The van der Waals surface area contributed by atoms with Crippen LogP contribution in [0, 0.1) is 0 Å². The van der Waals surface area contributed by atoms with Crippen LogP contribution in [-0.4, -0.2) is 20.4 Å². The number of amides is 1. The Kier molecular flexibility index (Phi) is 5.44. The summed E-state index contributed by atoms with van der Waals surface area (Å²) in [5, 5.41) is 5.98. The molecule has 9 heteroatoms. The van der Waals surface area contributed by atoms with Crippen molar-refractivity contribution in [3.63, 3.8) is 0 Å². The third kappa shape index (κ3) is 4.37. The molecule has 6 nitrogen and oxygen atoms in total. The van der Waals surface area contributed by atoms with Gasteiger partial charge in [-0.05, 0) is 36.4 Å². The summed E-state index contributed by atoms with van der Waals surface area (Å²) in [5.41, 5.74) is 1.90. The van der Waals surface area contributed by atoms with Gasteiger partial charge in [0, 0.05) is 28.9 Å². The topological polar surface area (TPSA) is 76.9 Å². The van der Waals surface area contributed by atoms with Crippen molar-refractivity contribution in [3.8, 4) is 17.1 Å². The lowest BCUT2D eigenvalue weighted by Gasteiger charge is -2.08. The Morgan fingerprint density at radius 3 is 2.66 bits per heavy atom. The van der Waals surface area contributed by atoms with E-state index in [-0.39, 0.29) is 11.5 Å². The number of halogens is 2. The fourth-order valence-corrected chi connectivity index (χ4v) is 3.59. The van der Waals surface area contributed by atoms with Gasteiger partial charge in [-0.15, -0.1) is 11.3 Å². The van der Waals surface area contributed by atoms with Gasteiger partial charge < -0.3 is 0 Å². The van der Waals surface area contributed by atoms with E-state index in [1.54, 1.807) is 41.8 Å². The van der Waals surface area contributed by atoms with Crippen molar-refractivity contribution in [1.82, 2.24) is 14.5 Å². The predicted molar refractivity (Wildman–Crippen MR) is 115 cm³/mol. The van der Waals surface area contributed by atoms with Crippen molar-refractivity contribution in [2.24, 2.45) is 0 Å². The first-order chi connectivity index (χ1) is 14.0. The summed E-state index contributed by atoms with van der Waals surface area (Å²) in [7, 11) is 0. The maximum Gasteiger partial charge on any atom is 0.258 e. The van der Waals surface area contributed by atoms with Crippen LogP contribution in [0.3, 0.4) is 0 Å². The Balaban J connectivity index is 1.57. The number of pyridine rings is 2. The number of hydrogen-bond acceptors (Lipinski definition) is 5. The summed E-state index contributed by atoms with van der Waals surface area (Å²) in [6, 6.07) is 13.1. The Hall–Kier alpha value is -3.00. The molecule has 0 saturated heterocycles. The zero-order valence-corrected chi connectivity index (χ0v) is 17.0. The molecule has 0 spiro atoms. The number of anilines is 1. The Morgan fingerprint density at radius 1 is 1.03 bits per heavy atom. The second-order valence-corrected chi connectivity index (χ2v) is 7.69. The van der Waals surface area contributed by atoms with E-state index in [9.17, 15) is 9.59 Å². The Labute approximate surface area is 179 Å². The van der Waals surface area contributed by atoms with Crippen LogP contribution in [0.5, 0.6) is 0 Å². The molecule has 0 aliphatic carbocycles. The zero-order valence-electron chi connectivity index (χ0n) is 14.7. The number of hydrogen-bond donors (Lipinski definition) is 1. The smallest absolute Gasteiger partial charge is 0.258 e. The molecule has 0 radical (unpaired) electrons. The lowest BCUT2D eigenvalue weighted by Crippen LogP contribution is -2.20. The van der Waals surface area contributed by atoms with E-state index in [0.29, 0.717) is 37.8 Å². The SMILES string of the molecule is O=C(Nc1nc(-c2ccc(Cl)cn2)cs1)c1ccc(=O)n(-c2cccc(Cl)c2)c1. The normalized spacial score (nSPS) is 10.7. The third-order valence-corrected chi connectivity index (χ3v) is 5.19. The largest absolute Gasteiger partial charge is 0.298 e. The molecule has 144 valence electrons. The minimum absolute atomic E-state index is 0.269. The fraction of sp³-hybridized carbons (Fsp3) is 0. The molecule has 0 atom stereocenters. The van der Waals surface area contributed by atoms with Crippen LogP contribution in [0.25, 0.3) is 17.1 Å². The molecule has 0 bridgehead atoms. The van der Waals surface area contributed by atoms with Crippen LogP contribution >= 0.6 is 34.5 Å². The molecule has 0 fully saturated rings. The first kappa shape index (κ1) is 19.3. The number of carbonyl (C=O) groups is 1. The number of nitrogens with zero attached hydrogens (tertiary/aromatic N) is 3. The monoisotopic (exact) mass is 442 g/mol. The van der Waals surface area contributed by atoms with Gasteiger partial charge in [0.25, 0.3) is 11.5 Å². The molecule has 29 heavy (non-hydrogen) atoms. The number of benzene rings is 1. The highest BCUT2D eigenvalue weighted by Gasteiger charge is 2.12. The van der Waals surface area contributed by atoms with Gasteiger partial charge >= 0.3 is 0 Å². The van der Waals surface area contributed by atoms with Crippen molar-refractivity contribution >= 4 is 45.6 Å². The second-order valence-electron chi connectivity index (χ2n) is 5.96. The molecule has 1 aromatic carbocycles. The van der Waals surface area contributed by atoms with Crippen LogP contribution in [0.1, 0.15) is 10.4 Å². The first-order valence-corrected chi connectivity index (χ1v) is 10.0. The minimum Gasteiger partial charge on any atom is -0.298 e. The summed E-state index contributed by atoms with van der Waals surface area (Å²) in [4.78, 5) is 33.4. The van der Waals surface area contributed by atoms with E-state index in [0.717, 1.165) is 0 Å². The molecular weight excluding hydrogens is 431 g/mol. The van der Waals surface area contributed by atoms with Crippen molar-refractivity contribution in [1.29, 1.82) is 0 Å². The third-order valence-electron chi connectivity index (χ3n) is 3.97. The lowest BCUT2D eigenvalue weighted by molar-refractivity contribution is 0.102. The van der Waals surface area contributed by atoms with E-state index in [1.807, 2.05) is 0 Å². The summed E-state index contributed by atoms with van der Waals surface area (Å²) >= 11 is 13.1. The number of nitrogens with one attached hydrogen (secondary N) is 1. The summed E-state index contributed by atoms with van der Waals surface area (Å²) in [6.45, 7) is 0. The van der Waals surface area contributed by atoms with Crippen molar-refractivity contribution < 1.29 is 4.79 Å². The molecule has 3 heterocycles. The average Bonchev–Trinajstić information content (AvgIpc) is 3.17. The fourth-order valence-electron chi connectivity index (χ4n) is 2.59. The highest BCUT2D eigenvalue weighted by molar-refractivity contribution is 7.14. The number of aromatic nitrogens is 3. The number of thiazole rings is 1. The van der Waals surface area contributed by atoms with Gasteiger partial charge in [0.1, 0.15) is 5.69 Å². The van der Waals surface area contributed by atoms with Gasteiger partial charge in [-0.3, -0.25) is 24.5 Å². The first-order valence-electron chi connectivity index (χ1n) is 8.37. The predicted octanol–water partition coefficient (Wildman–Crippen LogP) is 4.92. The summed E-state index contributed by atoms with van der Waals surface area (Å²) < 4.78 is 1.37. The highest BCUT2D eigenvalue weighted by atomic mass is 35.5. The molecule has 1 N–H and O–H groups in total. The molecular formula is C20H12Cl2N4O2S. The van der Waals surface area contributed by atoms with E-state index in [4.69, 9.17) is 23.2 Å². The van der Waals surface area contributed by atoms with Gasteiger partial charge in [0.2, 0.25) is 0 Å². The van der Waals surface area contributed by atoms with Crippen LogP contribution in [0.2, 0.25) is 10.0 Å². The molecule has 4 rings (SSSR count). The van der Waals surface area contributed by atoms with Crippen molar-refractivity contribution in [3.05, 3.63) is 92.3 Å². The lowest BCUT2D eigenvalue weighted by atomic mass is 10.2. The van der Waals surface area contributed by atoms with Crippen LogP contribution in [0.15, 0.2) is 71.1 Å². The average molecular weight is 443 g/mol. The molecule has 1 amide bonds. The van der Waals surface area contributed by atoms with Crippen molar-refractivity contribution in [2.45, 2.75) is 0 Å². The van der Waals surface area contributed by atoms with Crippen LogP contribution in [-0.2, 0) is 0 Å². The van der Waals surface area contributed by atoms with Gasteiger partial charge in [0.15, 0.2) is 5.13 Å². The van der Waals surface area contributed by atoms with Crippen LogP contribution in [0.4, 0.5) is 5.13 Å². The molecule has 4 aromatic rings. The molecule has 0 aliphatic rings. The quantitative estimate of drug-likeness (QED) is 0.486. The van der Waals surface area contributed by atoms with E-state index < -0.39 is 0 Å². The number of rotatable bonds is 4. The highest BCUT2D eigenvalue weighted by Crippen LogP contribution is 2.24. The maximum absolute atomic E-state index is 12.6. The zero-order chi connectivity index (χ0) is 20.4. The van der Waals surface area contributed by atoms with E-state index >= 15 is 0 Å². The molecule has 0 aliphatic heterocycles. The Bertz CT molecular complexity index is 1250. The van der Waals surface area contributed by atoms with Gasteiger partial charge in [-0.1, -0.05) is 29.3 Å². The Morgan fingerprint density at radius 2 is 1.90 bits per heavy atom. The maximum atomic E-state index is 12.6. The van der Waals surface area contributed by atoms with Crippen LogP contribution < -0.4 is 10.9 Å². The standard InChI is InChI=1S/C20H12Cl2N4O2S/c21-13-2-1-3-15(8-13)26-10-12(4-7-18(26)27)19(28)25-20-24-17(11-29-20)16-6-5-14(22)9-23-16/h1-11H,(H,24,25,28). The van der Waals surface area contributed by atoms with E-state index in [1.165, 1.54) is 40.4 Å². The summed E-state index contributed by atoms with van der Waals surface area (Å²) in [5.74, 6) is -0.384. The van der Waals surface area contributed by atoms with Crippen molar-refractivity contribution in [2.75, 3.05) is 5.32 Å². The van der Waals surface area contributed by atoms with Gasteiger partial charge in [0.05, 0.1) is 22.0 Å². The minimum atomic E-state index is -0.384. The summed E-state index contributed by atoms with van der Waals surface area (Å²) in [6.07, 6.45) is 3.01. The second kappa shape index (κ2) is 8.16.